The first-order valence-electron chi connectivity index (χ1n) is 6.91. The fourth-order valence-corrected chi connectivity index (χ4v) is 2.37. The number of fused-ring (bicyclic) bond motifs is 1. The van der Waals surface area contributed by atoms with Gasteiger partial charge in [-0.05, 0) is 30.3 Å². The van der Waals surface area contributed by atoms with Crippen molar-refractivity contribution in [1.29, 1.82) is 5.41 Å². The van der Waals surface area contributed by atoms with Crippen LogP contribution in [0.1, 0.15) is 15.9 Å². The minimum atomic E-state index is -0.479. The van der Waals surface area contributed by atoms with Gasteiger partial charge in [0.1, 0.15) is 22.9 Å². The van der Waals surface area contributed by atoms with Crippen LogP contribution >= 0.6 is 0 Å². The SMILES string of the molecule is COC(=O)c1c(Oc2cccc(C(=N)N)c2)ccc2[nH]ccc12. The molecule has 2 aromatic carbocycles. The predicted octanol–water partition coefficient (Wildman–Crippen LogP) is 3.03. The van der Waals surface area contributed by atoms with Crippen molar-refractivity contribution in [3.05, 3.63) is 59.8 Å². The summed E-state index contributed by atoms with van der Waals surface area (Å²) in [4.78, 5) is 15.2. The molecule has 1 aromatic heterocycles. The number of carbonyl (C=O) groups excluding carboxylic acids is 1. The Morgan fingerprint density at radius 2 is 2.04 bits per heavy atom. The summed E-state index contributed by atoms with van der Waals surface area (Å²) in [6.45, 7) is 0. The number of nitrogens with one attached hydrogen (secondary N) is 2. The molecule has 3 rings (SSSR count). The first kappa shape index (κ1) is 14.6. The lowest BCUT2D eigenvalue weighted by atomic mass is 10.1. The summed E-state index contributed by atoms with van der Waals surface area (Å²) in [6.07, 6.45) is 1.75. The third-order valence-corrected chi connectivity index (χ3v) is 3.46. The van der Waals surface area contributed by atoms with Crippen LogP contribution in [0.3, 0.4) is 0 Å². The highest BCUT2D eigenvalue weighted by Crippen LogP contribution is 2.32. The molecule has 116 valence electrons. The molecule has 0 aliphatic heterocycles. The number of amidine groups is 1. The van der Waals surface area contributed by atoms with Gasteiger partial charge in [-0.15, -0.1) is 0 Å². The van der Waals surface area contributed by atoms with E-state index < -0.39 is 5.97 Å². The van der Waals surface area contributed by atoms with Crippen molar-refractivity contribution in [1.82, 2.24) is 4.98 Å². The molecule has 6 nitrogen and oxygen atoms in total. The maximum absolute atomic E-state index is 12.1. The van der Waals surface area contributed by atoms with Crippen LogP contribution in [0, 0.1) is 5.41 Å². The quantitative estimate of drug-likeness (QED) is 0.391. The van der Waals surface area contributed by atoms with Crippen LogP contribution in [0.5, 0.6) is 11.5 Å². The molecule has 0 aliphatic rings. The van der Waals surface area contributed by atoms with Crippen LogP contribution in [-0.4, -0.2) is 23.9 Å². The number of rotatable bonds is 4. The number of aromatic nitrogens is 1. The van der Waals surface area contributed by atoms with E-state index >= 15 is 0 Å². The van der Waals surface area contributed by atoms with Gasteiger partial charge >= 0.3 is 5.97 Å². The number of aromatic amines is 1. The highest BCUT2D eigenvalue weighted by molar-refractivity contribution is 6.06. The van der Waals surface area contributed by atoms with Crippen molar-refractivity contribution in [3.63, 3.8) is 0 Å². The minimum Gasteiger partial charge on any atom is -0.465 e. The summed E-state index contributed by atoms with van der Waals surface area (Å²) >= 11 is 0. The first-order chi connectivity index (χ1) is 11.1. The van der Waals surface area contributed by atoms with Gasteiger partial charge in [0.25, 0.3) is 0 Å². The molecule has 0 radical (unpaired) electrons. The Labute approximate surface area is 132 Å². The summed E-state index contributed by atoms with van der Waals surface area (Å²) in [6, 6.07) is 12.1. The molecule has 6 heteroatoms. The number of nitrogens with two attached hydrogens (primary N) is 1. The van der Waals surface area contributed by atoms with Crippen molar-refractivity contribution < 1.29 is 14.3 Å². The maximum atomic E-state index is 12.1. The van der Waals surface area contributed by atoms with Gasteiger partial charge in [-0.25, -0.2) is 4.79 Å². The number of H-pyrrole nitrogens is 1. The van der Waals surface area contributed by atoms with E-state index in [9.17, 15) is 4.79 Å². The molecule has 1 heterocycles. The normalized spacial score (nSPS) is 10.5. The maximum Gasteiger partial charge on any atom is 0.342 e. The number of benzene rings is 2. The number of nitrogen functional groups attached to an aromatic ring is 1. The molecule has 3 aromatic rings. The van der Waals surface area contributed by atoms with E-state index in [-0.39, 0.29) is 5.84 Å². The zero-order valence-electron chi connectivity index (χ0n) is 12.4. The Kier molecular flexibility index (Phi) is 3.72. The van der Waals surface area contributed by atoms with Crippen LogP contribution in [0.2, 0.25) is 0 Å². The monoisotopic (exact) mass is 309 g/mol. The Bertz CT molecular complexity index is 899. The summed E-state index contributed by atoms with van der Waals surface area (Å²) < 4.78 is 10.7. The molecule has 0 aliphatic carbocycles. The van der Waals surface area contributed by atoms with Gasteiger partial charge in [0.15, 0.2) is 0 Å². The Morgan fingerprint density at radius 1 is 1.22 bits per heavy atom. The van der Waals surface area contributed by atoms with Gasteiger partial charge in [0.2, 0.25) is 0 Å². The summed E-state index contributed by atoms with van der Waals surface area (Å²) in [7, 11) is 1.33. The van der Waals surface area contributed by atoms with Crippen LogP contribution < -0.4 is 10.5 Å². The van der Waals surface area contributed by atoms with Crippen molar-refractivity contribution in [2.75, 3.05) is 7.11 Å². The van der Waals surface area contributed by atoms with Gasteiger partial charge in [0.05, 0.1) is 7.11 Å². The summed E-state index contributed by atoms with van der Waals surface area (Å²) in [5.41, 5.74) is 7.19. The number of esters is 1. The molecule has 0 saturated carbocycles. The third kappa shape index (κ3) is 2.74. The van der Waals surface area contributed by atoms with Gasteiger partial charge < -0.3 is 20.2 Å². The van der Waals surface area contributed by atoms with Crippen LogP contribution in [-0.2, 0) is 4.74 Å². The Hall–Kier alpha value is -3.28. The van der Waals surface area contributed by atoms with E-state index in [0.29, 0.717) is 22.6 Å². The van der Waals surface area contributed by atoms with E-state index in [0.717, 1.165) is 10.9 Å². The van der Waals surface area contributed by atoms with Crippen LogP contribution in [0.15, 0.2) is 48.7 Å². The third-order valence-electron chi connectivity index (χ3n) is 3.46. The average Bonchev–Trinajstić information content (AvgIpc) is 3.02. The largest absolute Gasteiger partial charge is 0.465 e. The molecule has 4 N–H and O–H groups in total. The average molecular weight is 309 g/mol. The lowest BCUT2D eigenvalue weighted by Gasteiger charge is -2.12. The van der Waals surface area contributed by atoms with E-state index in [1.54, 1.807) is 42.6 Å². The zero-order valence-corrected chi connectivity index (χ0v) is 12.4. The van der Waals surface area contributed by atoms with E-state index in [4.69, 9.17) is 20.6 Å². The number of hydrogen-bond donors (Lipinski definition) is 3. The molecule has 0 bridgehead atoms. The Morgan fingerprint density at radius 3 is 2.78 bits per heavy atom. The topological polar surface area (TPSA) is 101 Å². The van der Waals surface area contributed by atoms with E-state index in [1.807, 2.05) is 6.07 Å². The first-order valence-corrected chi connectivity index (χ1v) is 6.91. The van der Waals surface area contributed by atoms with Crippen molar-refractivity contribution in [2.24, 2.45) is 5.73 Å². The number of methoxy groups -OCH3 is 1. The van der Waals surface area contributed by atoms with Crippen molar-refractivity contribution in [2.45, 2.75) is 0 Å². The lowest BCUT2D eigenvalue weighted by Crippen LogP contribution is -2.10. The molecule has 0 spiro atoms. The number of carbonyl (C=O) groups is 1. The van der Waals surface area contributed by atoms with E-state index in [1.165, 1.54) is 7.11 Å². The molecule has 0 atom stereocenters. The number of ether oxygens (including phenoxy) is 2. The van der Waals surface area contributed by atoms with E-state index in [2.05, 4.69) is 4.98 Å². The molecule has 0 saturated heterocycles. The molecule has 23 heavy (non-hydrogen) atoms. The molecule has 0 unspecified atom stereocenters. The second kappa shape index (κ2) is 5.84. The summed E-state index contributed by atoms with van der Waals surface area (Å²) in [5, 5.41) is 8.20. The second-order valence-corrected chi connectivity index (χ2v) is 4.91. The standard InChI is InChI=1S/C17H15N3O3/c1-22-17(21)15-12-7-8-20-13(12)5-6-14(15)23-11-4-2-3-10(9-11)16(18)19/h2-9,20H,1H3,(H3,18,19). The molecule has 0 fully saturated rings. The van der Waals surface area contributed by atoms with Crippen LogP contribution in [0.25, 0.3) is 10.9 Å². The van der Waals surface area contributed by atoms with Gasteiger partial charge in [-0.1, -0.05) is 12.1 Å². The molecular weight excluding hydrogens is 294 g/mol. The lowest BCUT2D eigenvalue weighted by molar-refractivity contribution is 0.0600. The fourth-order valence-electron chi connectivity index (χ4n) is 2.37. The molecular formula is C17H15N3O3. The van der Waals surface area contributed by atoms with Crippen LogP contribution in [0.4, 0.5) is 0 Å². The minimum absolute atomic E-state index is 0.0512. The smallest absolute Gasteiger partial charge is 0.342 e. The van der Waals surface area contributed by atoms with Crippen molar-refractivity contribution in [3.8, 4) is 11.5 Å². The van der Waals surface area contributed by atoms with Gasteiger partial charge in [0, 0.05) is 22.7 Å². The summed E-state index contributed by atoms with van der Waals surface area (Å²) in [5.74, 6) is 0.333. The number of hydrogen-bond acceptors (Lipinski definition) is 4. The highest BCUT2D eigenvalue weighted by Gasteiger charge is 2.18. The van der Waals surface area contributed by atoms with Gasteiger partial charge in [-0.2, -0.15) is 0 Å². The Balaban J connectivity index is 2.07. The van der Waals surface area contributed by atoms with Crippen molar-refractivity contribution >= 4 is 22.7 Å². The zero-order chi connectivity index (χ0) is 16.4. The second-order valence-electron chi connectivity index (χ2n) is 4.91. The van der Waals surface area contributed by atoms with Gasteiger partial charge in [-0.3, -0.25) is 5.41 Å². The molecule has 0 amide bonds. The highest BCUT2D eigenvalue weighted by atomic mass is 16.5. The fraction of sp³-hybridized carbons (Fsp3) is 0.0588. The predicted molar refractivity (Wildman–Crippen MR) is 87.2 cm³/mol.